The number of aromatic nitrogens is 2. The van der Waals surface area contributed by atoms with Gasteiger partial charge in [0.1, 0.15) is 5.82 Å². The number of Topliss-reactive ketones (excluding diaryl/α,β-unsaturated/α-hetero) is 1. The number of ketones is 1. The molecular formula is C18H13FN3O3+. The molecule has 0 spiro atoms. The Bertz CT molecular complexity index is 925. The molecule has 7 heteroatoms. The number of para-hydroxylation sites is 1. The Balaban J connectivity index is 1.79. The normalized spacial score (nSPS) is 10.4. The third kappa shape index (κ3) is 3.72. The molecule has 1 aromatic heterocycles. The molecule has 0 aliphatic carbocycles. The van der Waals surface area contributed by atoms with E-state index in [0.717, 1.165) is 5.56 Å². The third-order valence-electron chi connectivity index (χ3n) is 3.64. The second kappa shape index (κ2) is 6.96. The summed E-state index contributed by atoms with van der Waals surface area (Å²) in [6.07, 6.45) is 3.11. The number of hydrogen-bond acceptors (Lipinski definition) is 4. The van der Waals surface area contributed by atoms with Crippen LogP contribution in [0.1, 0.15) is 10.4 Å². The zero-order valence-corrected chi connectivity index (χ0v) is 13.0. The monoisotopic (exact) mass is 338 g/mol. The number of benzene rings is 2. The van der Waals surface area contributed by atoms with E-state index in [1.807, 2.05) is 0 Å². The second-order valence-electron chi connectivity index (χ2n) is 5.32. The maximum absolute atomic E-state index is 13.0. The summed E-state index contributed by atoms with van der Waals surface area (Å²) in [5.74, 6) is -0.710. The van der Waals surface area contributed by atoms with E-state index in [-0.39, 0.29) is 29.4 Å². The van der Waals surface area contributed by atoms with Gasteiger partial charge in [0.2, 0.25) is 5.78 Å². The number of carbonyl (C=O) groups excluding carboxylic acids is 1. The van der Waals surface area contributed by atoms with Crippen molar-refractivity contribution in [2.45, 2.75) is 6.54 Å². The van der Waals surface area contributed by atoms with Gasteiger partial charge in [-0.25, -0.2) is 8.96 Å². The minimum atomic E-state index is -0.576. The van der Waals surface area contributed by atoms with Gasteiger partial charge < -0.3 is 0 Å². The Kier molecular flexibility index (Phi) is 4.56. The number of rotatable bonds is 5. The Morgan fingerprint density at radius 3 is 2.48 bits per heavy atom. The summed E-state index contributed by atoms with van der Waals surface area (Å²) in [5.41, 5.74) is 1.22. The van der Waals surface area contributed by atoms with Crippen molar-refractivity contribution in [2.24, 2.45) is 0 Å². The molecule has 0 N–H and O–H groups in total. The summed E-state index contributed by atoms with van der Waals surface area (Å²) in [5, 5.41) is 11.0. The van der Waals surface area contributed by atoms with Crippen molar-refractivity contribution in [1.29, 1.82) is 0 Å². The van der Waals surface area contributed by atoms with Gasteiger partial charge >= 0.3 is 0 Å². The highest BCUT2D eigenvalue weighted by Crippen LogP contribution is 2.18. The molecule has 0 bridgehead atoms. The molecule has 124 valence electrons. The Labute approximate surface area is 142 Å². The average Bonchev–Trinajstić information content (AvgIpc) is 2.63. The maximum Gasteiger partial charge on any atom is 0.287 e. The minimum absolute atomic E-state index is 0.0580. The van der Waals surface area contributed by atoms with E-state index in [2.05, 4.69) is 4.98 Å². The van der Waals surface area contributed by atoms with Gasteiger partial charge in [0.25, 0.3) is 12.0 Å². The van der Waals surface area contributed by atoms with Crippen LogP contribution in [0.3, 0.4) is 0 Å². The Morgan fingerprint density at radius 2 is 1.84 bits per heavy atom. The maximum atomic E-state index is 13.0. The van der Waals surface area contributed by atoms with Gasteiger partial charge in [-0.05, 0) is 35.3 Å². The summed E-state index contributed by atoms with van der Waals surface area (Å²) in [6.45, 7) is -0.0679. The summed E-state index contributed by atoms with van der Waals surface area (Å²) >= 11 is 0. The highest BCUT2D eigenvalue weighted by molar-refractivity contribution is 5.98. The summed E-state index contributed by atoms with van der Waals surface area (Å²) in [4.78, 5) is 27.0. The lowest BCUT2D eigenvalue weighted by Crippen LogP contribution is -2.37. The molecule has 0 atom stereocenters. The van der Waals surface area contributed by atoms with Crippen LogP contribution in [0.5, 0.6) is 0 Å². The van der Waals surface area contributed by atoms with Gasteiger partial charge in [-0.1, -0.05) is 12.1 Å². The summed E-state index contributed by atoms with van der Waals surface area (Å²) in [7, 11) is 0. The van der Waals surface area contributed by atoms with Gasteiger partial charge in [-0.2, -0.15) is 0 Å². The number of nitro benzene ring substituents is 1. The fourth-order valence-electron chi connectivity index (χ4n) is 2.39. The molecule has 3 aromatic rings. The summed E-state index contributed by atoms with van der Waals surface area (Å²) < 4.78 is 14.5. The molecule has 0 fully saturated rings. The predicted molar refractivity (Wildman–Crippen MR) is 87.3 cm³/mol. The van der Waals surface area contributed by atoms with Crippen LogP contribution >= 0.6 is 0 Å². The quantitative estimate of drug-likeness (QED) is 0.310. The van der Waals surface area contributed by atoms with E-state index in [1.165, 1.54) is 41.2 Å². The number of halogens is 1. The van der Waals surface area contributed by atoms with Crippen LogP contribution in [-0.2, 0) is 6.54 Å². The van der Waals surface area contributed by atoms with Gasteiger partial charge in [0.05, 0.1) is 16.7 Å². The third-order valence-corrected chi connectivity index (χ3v) is 3.64. The first kappa shape index (κ1) is 16.4. The molecule has 0 unspecified atom stereocenters. The van der Waals surface area contributed by atoms with E-state index in [9.17, 15) is 19.3 Å². The first-order chi connectivity index (χ1) is 12.0. The molecule has 0 saturated carbocycles. The number of carbonyl (C=O) groups is 1. The molecule has 2 aromatic carbocycles. The Morgan fingerprint density at radius 1 is 1.12 bits per heavy atom. The zero-order valence-electron chi connectivity index (χ0n) is 13.0. The number of nitro groups is 1. The van der Waals surface area contributed by atoms with Crippen LogP contribution in [0.25, 0.3) is 11.3 Å². The highest BCUT2D eigenvalue weighted by Gasteiger charge is 2.21. The highest BCUT2D eigenvalue weighted by atomic mass is 19.1. The lowest BCUT2D eigenvalue weighted by molar-refractivity contribution is -0.686. The molecule has 6 nitrogen and oxygen atoms in total. The number of hydrogen-bond donors (Lipinski definition) is 0. The zero-order chi connectivity index (χ0) is 17.8. The smallest absolute Gasteiger partial charge is 0.287 e. The minimum Gasteiger partial charge on any atom is -0.289 e. The first-order valence-electron chi connectivity index (χ1n) is 7.42. The van der Waals surface area contributed by atoms with Gasteiger partial charge in [-0.15, -0.1) is 0 Å². The van der Waals surface area contributed by atoms with Gasteiger partial charge in [-0.3, -0.25) is 14.9 Å². The van der Waals surface area contributed by atoms with Crippen molar-refractivity contribution in [1.82, 2.24) is 4.98 Å². The van der Waals surface area contributed by atoms with Crippen LogP contribution in [0.15, 0.2) is 67.1 Å². The molecule has 25 heavy (non-hydrogen) atoms. The van der Waals surface area contributed by atoms with E-state index >= 15 is 0 Å². The van der Waals surface area contributed by atoms with Crippen LogP contribution in [0.4, 0.5) is 10.1 Å². The SMILES string of the molecule is O=C(C[n+]1ccc(-c2ccc(F)cc2)nc1)c1ccccc1[N+](=O)[O-]. The van der Waals surface area contributed by atoms with Crippen molar-refractivity contribution in [2.75, 3.05) is 0 Å². The van der Waals surface area contributed by atoms with Gasteiger partial charge in [0, 0.05) is 17.7 Å². The Hall–Kier alpha value is -3.48. The van der Waals surface area contributed by atoms with Crippen molar-refractivity contribution in [3.8, 4) is 11.3 Å². The largest absolute Gasteiger partial charge is 0.289 e. The van der Waals surface area contributed by atoms with Crippen LogP contribution in [0, 0.1) is 15.9 Å². The second-order valence-corrected chi connectivity index (χ2v) is 5.32. The van der Waals surface area contributed by atoms with Crippen LogP contribution in [0.2, 0.25) is 0 Å². The average molecular weight is 338 g/mol. The number of nitrogens with zero attached hydrogens (tertiary/aromatic N) is 3. The topological polar surface area (TPSA) is 77.0 Å². The molecular weight excluding hydrogens is 325 g/mol. The molecule has 0 aliphatic heterocycles. The summed E-state index contributed by atoms with van der Waals surface area (Å²) in [6, 6.07) is 13.4. The van der Waals surface area contributed by atoms with E-state index in [4.69, 9.17) is 0 Å². The molecule has 0 radical (unpaired) electrons. The van der Waals surface area contributed by atoms with Crippen molar-refractivity contribution < 1.29 is 18.7 Å². The van der Waals surface area contributed by atoms with E-state index in [1.54, 1.807) is 30.5 Å². The fourth-order valence-corrected chi connectivity index (χ4v) is 2.39. The van der Waals surface area contributed by atoms with Crippen LogP contribution in [-0.4, -0.2) is 15.7 Å². The van der Waals surface area contributed by atoms with E-state index < -0.39 is 4.92 Å². The molecule has 0 saturated heterocycles. The van der Waals surface area contributed by atoms with Crippen LogP contribution < -0.4 is 4.57 Å². The lowest BCUT2D eigenvalue weighted by Gasteiger charge is -2.02. The molecule has 0 aliphatic rings. The van der Waals surface area contributed by atoms with Gasteiger partial charge in [0.15, 0.2) is 12.2 Å². The predicted octanol–water partition coefficient (Wildman–Crippen LogP) is 2.97. The molecule has 0 amide bonds. The standard InChI is InChI=1S/C18H13FN3O3/c19-14-7-5-13(6-8-14)16-9-10-21(12-20-16)11-18(23)15-3-1-2-4-17(15)22(24)25/h1-10,12H,11H2/q+1. The first-order valence-corrected chi connectivity index (χ1v) is 7.42. The lowest BCUT2D eigenvalue weighted by atomic mass is 10.1. The molecule has 3 rings (SSSR count). The molecule has 1 heterocycles. The van der Waals surface area contributed by atoms with Crippen molar-refractivity contribution >= 4 is 11.5 Å². The fraction of sp³-hybridized carbons (Fsp3) is 0.0556. The van der Waals surface area contributed by atoms with Crippen molar-refractivity contribution in [3.05, 3.63) is 88.6 Å². The van der Waals surface area contributed by atoms with E-state index in [0.29, 0.717) is 5.69 Å². The van der Waals surface area contributed by atoms with Crippen molar-refractivity contribution in [3.63, 3.8) is 0 Å².